The van der Waals surface area contributed by atoms with Gasteiger partial charge in [0.15, 0.2) is 0 Å². The van der Waals surface area contributed by atoms with Crippen molar-refractivity contribution in [3.63, 3.8) is 0 Å². The smallest absolute Gasteiger partial charge is 0.233 e. The first-order valence-corrected chi connectivity index (χ1v) is 10.1. The summed E-state index contributed by atoms with van der Waals surface area (Å²) in [6.45, 7) is 0.145. The van der Waals surface area contributed by atoms with E-state index in [2.05, 4.69) is 5.32 Å². The molecule has 1 aliphatic heterocycles. The number of carbonyl (C=O) groups is 3. The van der Waals surface area contributed by atoms with E-state index in [1.54, 1.807) is 24.3 Å². The largest absolute Gasteiger partial charge is 0.457 e. The van der Waals surface area contributed by atoms with Crippen LogP contribution in [0, 0.1) is 11.8 Å². The van der Waals surface area contributed by atoms with Crippen LogP contribution in [0.3, 0.4) is 0 Å². The van der Waals surface area contributed by atoms with E-state index in [1.165, 1.54) is 4.90 Å². The van der Waals surface area contributed by atoms with Gasteiger partial charge in [-0.2, -0.15) is 0 Å². The molecule has 1 aliphatic carbocycles. The number of ether oxygens (including phenoxy) is 1. The van der Waals surface area contributed by atoms with E-state index in [0.717, 1.165) is 31.4 Å². The number of nitrogens with zero attached hydrogens (tertiary/aromatic N) is 1. The fourth-order valence-electron chi connectivity index (χ4n) is 4.12. The lowest BCUT2D eigenvalue weighted by molar-refractivity contribution is -0.140. The summed E-state index contributed by atoms with van der Waals surface area (Å²) in [7, 11) is 0. The van der Waals surface area contributed by atoms with Gasteiger partial charge in [-0.1, -0.05) is 31.0 Å². The van der Waals surface area contributed by atoms with Crippen LogP contribution >= 0.6 is 0 Å². The molecule has 4 rings (SSSR count). The van der Waals surface area contributed by atoms with E-state index in [0.29, 0.717) is 11.4 Å². The highest BCUT2D eigenvalue weighted by Crippen LogP contribution is 2.38. The molecule has 29 heavy (non-hydrogen) atoms. The molecular weight excluding hydrogens is 368 g/mol. The molecule has 1 saturated heterocycles. The van der Waals surface area contributed by atoms with Crippen molar-refractivity contribution in [1.29, 1.82) is 0 Å². The Bertz CT molecular complexity index is 871. The summed E-state index contributed by atoms with van der Waals surface area (Å²) in [5.74, 6) is 0.643. The molecule has 3 amide bonds. The van der Waals surface area contributed by atoms with Crippen molar-refractivity contribution in [3.05, 3.63) is 54.6 Å². The van der Waals surface area contributed by atoms with Gasteiger partial charge in [-0.25, -0.2) is 0 Å². The number of imide groups is 1. The van der Waals surface area contributed by atoms with Gasteiger partial charge >= 0.3 is 0 Å². The zero-order valence-corrected chi connectivity index (χ0v) is 16.2. The zero-order valence-electron chi connectivity index (χ0n) is 16.2. The average molecular weight is 392 g/mol. The predicted octanol–water partition coefficient (Wildman–Crippen LogP) is 3.98. The first-order chi connectivity index (χ1) is 14.1. The topological polar surface area (TPSA) is 75.7 Å². The normalized spacial score (nSPS) is 21.0. The highest BCUT2D eigenvalue weighted by Gasteiger charge is 2.47. The second kappa shape index (κ2) is 8.47. The lowest BCUT2D eigenvalue weighted by atomic mass is 9.81. The SMILES string of the molecule is O=C(CCN1C(=O)C2CCCCC2C1=O)Nc1ccc(Oc2ccccc2)cc1. The van der Waals surface area contributed by atoms with Crippen LogP contribution in [0.5, 0.6) is 11.5 Å². The molecule has 1 heterocycles. The molecule has 0 radical (unpaired) electrons. The molecule has 2 atom stereocenters. The summed E-state index contributed by atoms with van der Waals surface area (Å²) in [5.41, 5.74) is 0.642. The molecule has 0 bridgehead atoms. The van der Waals surface area contributed by atoms with Crippen molar-refractivity contribution in [2.45, 2.75) is 32.1 Å². The van der Waals surface area contributed by atoms with Crippen LogP contribution in [-0.4, -0.2) is 29.2 Å². The van der Waals surface area contributed by atoms with Crippen molar-refractivity contribution < 1.29 is 19.1 Å². The lowest BCUT2D eigenvalue weighted by Crippen LogP contribution is -2.34. The Morgan fingerprint density at radius 3 is 2.10 bits per heavy atom. The monoisotopic (exact) mass is 392 g/mol. The second-order valence-electron chi connectivity index (χ2n) is 7.56. The van der Waals surface area contributed by atoms with Crippen LogP contribution in [-0.2, 0) is 14.4 Å². The molecular formula is C23H24N2O4. The van der Waals surface area contributed by atoms with E-state index >= 15 is 0 Å². The van der Waals surface area contributed by atoms with E-state index in [4.69, 9.17) is 4.74 Å². The summed E-state index contributed by atoms with van der Waals surface area (Å²) in [4.78, 5) is 38.5. The molecule has 2 aromatic carbocycles. The molecule has 0 spiro atoms. The minimum absolute atomic E-state index is 0.0964. The summed E-state index contributed by atoms with van der Waals surface area (Å²) >= 11 is 0. The number of carbonyl (C=O) groups excluding carboxylic acids is 3. The van der Waals surface area contributed by atoms with Gasteiger partial charge < -0.3 is 10.1 Å². The van der Waals surface area contributed by atoms with Gasteiger partial charge in [-0.15, -0.1) is 0 Å². The summed E-state index contributed by atoms with van der Waals surface area (Å²) in [6, 6.07) is 16.5. The maximum Gasteiger partial charge on any atom is 0.233 e. The third kappa shape index (κ3) is 4.31. The van der Waals surface area contributed by atoms with Gasteiger partial charge in [0.25, 0.3) is 0 Å². The molecule has 2 fully saturated rings. The third-order valence-corrected chi connectivity index (χ3v) is 5.61. The standard InChI is InChI=1S/C23H24N2O4/c26-21(14-15-25-22(27)19-8-4-5-9-20(19)23(25)28)24-16-10-12-18(13-11-16)29-17-6-2-1-3-7-17/h1-3,6-7,10-13,19-20H,4-5,8-9,14-15H2,(H,24,26). The quantitative estimate of drug-likeness (QED) is 0.755. The molecule has 2 aromatic rings. The Morgan fingerprint density at radius 2 is 1.48 bits per heavy atom. The van der Waals surface area contributed by atoms with E-state index in [-0.39, 0.29) is 42.5 Å². The molecule has 2 aliphatic rings. The fraction of sp³-hybridized carbons (Fsp3) is 0.348. The first-order valence-electron chi connectivity index (χ1n) is 10.1. The Balaban J connectivity index is 1.28. The van der Waals surface area contributed by atoms with Gasteiger partial charge in [0.05, 0.1) is 11.8 Å². The Kier molecular flexibility index (Phi) is 5.60. The van der Waals surface area contributed by atoms with Gasteiger partial charge in [0.2, 0.25) is 17.7 Å². The Labute approximate surface area is 169 Å². The highest BCUT2D eigenvalue weighted by atomic mass is 16.5. The zero-order chi connectivity index (χ0) is 20.2. The van der Waals surface area contributed by atoms with Crippen LogP contribution in [0.25, 0.3) is 0 Å². The van der Waals surface area contributed by atoms with Crippen molar-refractivity contribution in [2.75, 3.05) is 11.9 Å². The van der Waals surface area contributed by atoms with Crippen LogP contribution in [0.1, 0.15) is 32.1 Å². The highest BCUT2D eigenvalue weighted by molar-refractivity contribution is 6.05. The number of benzene rings is 2. The predicted molar refractivity (Wildman–Crippen MR) is 108 cm³/mol. The van der Waals surface area contributed by atoms with Crippen molar-refractivity contribution >= 4 is 23.4 Å². The van der Waals surface area contributed by atoms with Crippen LogP contribution < -0.4 is 10.1 Å². The van der Waals surface area contributed by atoms with Gasteiger partial charge in [-0.05, 0) is 49.2 Å². The lowest BCUT2D eigenvalue weighted by Gasteiger charge is -2.19. The number of hydrogen-bond donors (Lipinski definition) is 1. The van der Waals surface area contributed by atoms with Crippen molar-refractivity contribution in [2.24, 2.45) is 11.8 Å². The molecule has 2 unspecified atom stereocenters. The number of nitrogens with one attached hydrogen (secondary N) is 1. The maximum absolute atomic E-state index is 12.5. The fourth-order valence-corrected chi connectivity index (χ4v) is 4.12. The van der Waals surface area contributed by atoms with Gasteiger partial charge in [0, 0.05) is 18.7 Å². The first kappa shape index (κ1) is 19.2. The van der Waals surface area contributed by atoms with E-state index < -0.39 is 0 Å². The molecule has 1 N–H and O–H groups in total. The number of para-hydroxylation sites is 1. The molecule has 150 valence electrons. The summed E-state index contributed by atoms with van der Waals surface area (Å²) in [5, 5.41) is 2.81. The van der Waals surface area contributed by atoms with Crippen molar-refractivity contribution in [3.8, 4) is 11.5 Å². The summed E-state index contributed by atoms with van der Waals surface area (Å²) in [6.07, 6.45) is 3.67. The number of amides is 3. The molecule has 1 saturated carbocycles. The van der Waals surface area contributed by atoms with Crippen LogP contribution in [0.15, 0.2) is 54.6 Å². The van der Waals surface area contributed by atoms with Crippen molar-refractivity contribution in [1.82, 2.24) is 4.90 Å². The average Bonchev–Trinajstić information content (AvgIpc) is 2.99. The maximum atomic E-state index is 12.5. The van der Waals surface area contributed by atoms with E-state index in [9.17, 15) is 14.4 Å². The third-order valence-electron chi connectivity index (χ3n) is 5.61. The number of fused-ring (bicyclic) bond motifs is 1. The number of hydrogen-bond acceptors (Lipinski definition) is 4. The Morgan fingerprint density at radius 1 is 0.897 bits per heavy atom. The van der Waals surface area contributed by atoms with Crippen LogP contribution in [0.2, 0.25) is 0 Å². The molecule has 0 aromatic heterocycles. The Hall–Kier alpha value is -3.15. The second-order valence-corrected chi connectivity index (χ2v) is 7.56. The minimum atomic E-state index is -0.225. The molecule has 6 heteroatoms. The number of anilines is 1. The number of likely N-dealkylation sites (tertiary alicyclic amines) is 1. The van der Waals surface area contributed by atoms with Crippen LogP contribution in [0.4, 0.5) is 5.69 Å². The minimum Gasteiger partial charge on any atom is -0.457 e. The molecule has 6 nitrogen and oxygen atoms in total. The van der Waals surface area contributed by atoms with Gasteiger partial charge in [-0.3, -0.25) is 19.3 Å². The van der Waals surface area contributed by atoms with E-state index in [1.807, 2.05) is 30.3 Å². The number of rotatable bonds is 6. The van der Waals surface area contributed by atoms with Gasteiger partial charge in [0.1, 0.15) is 11.5 Å². The summed E-state index contributed by atoms with van der Waals surface area (Å²) < 4.78 is 5.73.